The fourth-order valence-electron chi connectivity index (χ4n) is 2.51. The number of rotatable bonds is 5. The number of carboxylic acids is 1. The van der Waals surface area contributed by atoms with E-state index >= 15 is 0 Å². The molecule has 2 rings (SSSR count). The molecule has 0 spiro atoms. The summed E-state index contributed by atoms with van der Waals surface area (Å²) in [5.74, 6) is 0.334. The lowest BCUT2D eigenvalue weighted by Gasteiger charge is -2.34. The van der Waals surface area contributed by atoms with Gasteiger partial charge in [-0.25, -0.2) is 0 Å². The van der Waals surface area contributed by atoms with E-state index in [4.69, 9.17) is 5.11 Å². The Morgan fingerprint density at radius 3 is 3.00 bits per heavy atom. The third-order valence-electron chi connectivity index (χ3n) is 3.22. The Hall–Kier alpha value is -1.00. The van der Waals surface area contributed by atoms with Gasteiger partial charge >= 0.3 is 5.97 Å². The molecule has 98 valence electrons. The van der Waals surface area contributed by atoms with Gasteiger partial charge < -0.3 is 5.11 Å². The van der Waals surface area contributed by atoms with E-state index in [1.54, 1.807) is 0 Å². The fraction of sp³-hybridized carbons (Fsp3) is 0.500. The molecule has 1 unspecified atom stereocenters. The summed E-state index contributed by atoms with van der Waals surface area (Å²) in [6.07, 6.45) is 2.02. The van der Waals surface area contributed by atoms with Crippen LogP contribution >= 0.6 is 11.8 Å². The summed E-state index contributed by atoms with van der Waals surface area (Å²) in [5, 5.41) is 9.04. The molecule has 0 saturated heterocycles. The Kier molecular flexibility index (Phi) is 4.66. The quantitative estimate of drug-likeness (QED) is 0.888. The molecule has 0 aliphatic carbocycles. The van der Waals surface area contributed by atoms with Crippen molar-refractivity contribution in [3.05, 3.63) is 29.8 Å². The molecule has 1 N–H and O–H groups in total. The molecule has 1 atom stereocenters. The molecule has 3 nitrogen and oxygen atoms in total. The van der Waals surface area contributed by atoms with Gasteiger partial charge in [-0.3, -0.25) is 9.69 Å². The second-order valence-electron chi connectivity index (χ2n) is 4.55. The number of hydrogen-bond acceptors (Lipinski definition) is 3. The standard InChI is InChI=1S/C14H19NO2S/c1-2-8-15(10-14(16)17)12-7-9-18-13-6-4-3-5-11(12)13/h3-6,12H,2,7-10H2,1H3,(H,16,17). The highest BCUT2D eigenvalue weighted by molar-refractivity contribution is 7.99. The van der Waals surface area contributed by atoms with Crippen LogP contribution in [0.2, 0.25) is 0 Å². The van der Waals surface area contributed by atoms with Crippen molar-refractivity contribution in [3.63, 3.8) is 0 Å². The minimum atomic E-state index is -0.737. The molecular weight excluding hydrogens is 246 g/mol. The van der Waals surface area contributed by atoms with Gasteiger partial charge in [0.15, 0.2) is 0 Å². The van der Waals surface area contributed by atoms with Crippen molar-refractivity contribution in [1.82, 2.24) is 4.90 Å². The predicted molar refractivity (Wildman–Crippen MR) is 74.0 cm³/mol. The van der Waals surface area contributed by atoms with E-state index in [0.717, 1.165) is 25.1 Å². The van der Waals surface area contributed by atoms with Crippen LogP contribution in [0, 0.1) is 0 Å². The van der Waals surface area contributed by atoms with Gasteiger partial charge in [0.05, 0.1) is 6.54 Å². The van der Waals surface area contributed by atoms with Crippen LogP contribution in [0.5, 0.6) is 0 Å². The number of thioether (sulfide) groups is 1. The van der Waals surface area contributed by atoms with E-state index in [2.05, 4.69) is 30.0 Å². The molecule has 1 aliphatic rings. The van der Waals surface area contributed by atoms with Crippen LogP contribution in [-0.4, -0.2) is 34.8 Å². The minimum Gasteiger partial charge on any atom is -0.480 e. The second-order valence-corrected chi connectivity index (χ2v) is 5.69. The van der Waals surface area contributed by atoms with Crippen LogP contribution in [-0.2, 0) is 4.79 Å². The molecule has 1 heterocycles. The van der Waals surface area contributed by atoms with Crippen molar-refractivity contribution in [2.75, 3.05) is 18.8 Å². The Balaban J connectivity index is 2.23. The number of carboxylic acid groups (broad SMARTS) is 1. The summed E-state index contributed by atoms with van der Waals surface area (Å²) in [4.78, 5) is 14.4. The number of hydrogen-bond donors (Lipinski definition) is 1. The first-order chi connectivity index (χ1) is 8.72. The Morgan fingerprint density at radius 2 is 2.28 bits per heavy atom. The minimum absolute atomic E-state index is 0.136. The molecule has 1 aromatic rings. The summed E-state index contributed by atoms with van der Waals surface area (Å²) >= 11 is 1.87. The molecular formula is C14H19NO2S. The molecule has 0 radical (unpaired) electrons. The first-order valence-electron chi connectivity index (χ1n) is 6.40. The lowest BCUT2D eigenvalue weighted by atomic mass is 10.0. The number of benzene rings is 1. The first kappa shape index (κ1) is 13.4. The van der Waals surface area contributed by atoms with Crippen molar-refractivity contribution in [2.24, 2.45) is 0 Å². The van der Waals surface area contributed by atoms with Crippen LogP contribution in [0.1, 0.15) is 31.4 Å². The molecule has 0 bridgehead atoms. The van der Waals surface area contributed by atoms with Crippen LogP contribution in [0.15, 0.2) is 29.2 Å². The van der Waals surface area contributed by atoms with Crippen LogP contribution in [0.3, 0.4) is 0 Å². The fourth-order valence-corrected chi connectivity index (χ4v) is 3.62. The Bertz CT molecular complexity index is 422. The molecule has 18 heavy (non-hydrogen) atoms. The molecule has 0 saturated carbocycles. The third kappa shape index (κ3) is 3.06. The average molecular weight is 265 g/mol. The highest BCUT2D eigenvalue weighted by Crippen LogP contribution is 2.39. The Morgan fingerprint density at radius 1 is 1.50 bits per heavy atom. The van der Waals surface area contributed by atoms with Gasteiger partial charge in [0.2, 0.25) is 0 Å². The van der Waals surface area contributed by atoms with Gasteiger partial charge in [0.1, 0.15) is 0 Å². The molecule has 0 fully saturated rings. The summed E-state index contributed by atoms with van der Waals surface area (Å²) in [5.41, 5.74) is 1.29. The normalized spacial score (nSPS) is 18.7. The maximum atomic E-state index is 11.0. The largest absolute Gasteiger partial charge is 0.480 e. The number of carbonyl (C=O) groups is 1. The number of aliphatic carboxylic acids is 1. The monoisotopic (exact) mass is 265 g/mol. The Labute approximate surface area is 112 Å². The maximum absolute atomic E-state index is 11.0. The lowest BCUT2D eigenvalue weighted by molar-refractivity contribution is -0.139. The van der Waals surface area contributed by atoms with E-state index in [1.165, 1.54) is 10.5 Å². The number of nitrogens with zero attached hydrogens (tertiary/aromatic N) is 1. The van der Waals surface area contributed by atoms with E-state index in [1.807, 2.05) is 17.8 Å². The van der Waals surface area contributed by atoms with Crippen molar-refractivity contribution in [2.45, 2.75) is 30.7 Å². The molecule has 4 heteroatoms. The van der Waals surface area contributed by atoms with Crippen molar-refractivity contribution < 1.29 is 9.90 Å². The highest BCUT2D eigenvalue weighted by Gasteiger charge is 2.26. The zero-order valence-corrected chi connectivity index (χ0v) is 11.4. The van der Waals surface area contributed by atoms with Gasteiger partial charge in [-0.1, -0.05) is 25.1 Å². The molecule has 0 amide bonds. The molecule has 1 aliphatic heterocycles. The SMILES string of the molecule is CCCN(CC(=O)O)C1CCSc2ccccc21. The van der Waals surface area contributed by atoms with Crippen molar-refractivity contribution in [1.29, 1.82) is 0 Å². The smallest absolute Gasteiger partial charge is 0.317 e. The van der Waals surface area contributed by atoms with E-state index in [9.17, 15) is 4.79 Å². The van der Waals surface area contributed by atoms with Crippen LogP contribution in [0.25, 0.3) is 0 Å². The maximum Gasteiger partial charge on any atom is 0.317 e. The van der Waals surface area contributed by atoms with E-state index < -0.39 is 5.97 Å². The van der Waals surface area contributed by atoms with E-state index in [-0.39, 0.29) is 12.6 Å². The van der Waals surface area contributed by atoms with Gasteiger partial charge in [0.25, 0.3) is 0 Å². The van der Waals surface area contributed by atoms with Gasteiger partial charge in [-0.2, -0.15) is 0 Å². The van der Waals surface area contributed by atoms with Crippen LogP contribution < -0.4 is 0 Å². The second kappa shape index (κ2) is 6.25. The lowest BCUT2D eigenvalue weighted by Crippen LogP contribution is -2.35. The summed E-state index contributed by atoms with van der Waals surface area (Å²) in [6, 6.07) is 8.63. The van der Waals surface area contributed by atoms with Gasteiger partial charge in [-0.05, 0) is 36.8 Å². The predicted octanol–water partition coefficient (Wildman–Crippen LogP) is 3.02. The molecule has 0 aromatic heterocycles. The number of fused-ring (bicyclic) bond motifs is 1. The summed E-state index contributed by atoms with van der Waals surface area (Å²) in [6.45, 7) is 3.08. The van der Waals surface area contributed by atoms with Gasteiger partial charge in [-0.15, -0.1) is 11.8 Å². The van der Waals surface area contributed by atoms with Crippen molar-refractivity contribution in [3.8, 4) is 0 Å². The molecule has 1 aromatic carbocycles. The summed E-state index contributed by atoms with van der Waals surface area (Å²) in [7, 11) is 0. The van der Waals surface area contributed by atoms with Crippen LogP contribution in [0.4, 0.5) is 0 Å². The zero-order chi connectivity index (χ0) is 13.0. The summed E-state index contributed by atoms with van der Waals surface area (Å²) < 4.78 is 0. The average Bonchev–Trinajstić information content (AvgIpc) is 2.37. The zero-order valence-electron chi connectivity index (χ0n) is 10.6. The highest BCUT2D eigenvalue weighted by atomic mass is 32.2. The van der Waals surface area contributed by atoms with Gasteiger partial charge in [0, 0.05) is 10.9 Å². The van der Waals surface area contributed by atoms with Crippen molar-refractivity contribution >= 4 is 17.7 Å². The van der Waals surface area contributed by atoms with E-state index in [0.29, 0.717) is 0 Å². The third-order valence-corrected chi connectivity index (χ3v) is 4.34. The first-order valence-corrected chi connectivity index (χ1v) is 7.38. The topological polar surface area (TPSA) is 40.5 Å².